The highest BCUT2D eigenvalue weighted by atomic mass is 15.3. The number of piperazine rings is 1. The van der Waals surface area contributed by atoms with Gasteiger partial charge in [-0.15, -0.1) is 10.2 Å². The first-order chi connectivity index (χ1) is 10.8. The summed E-state index contributed by atoms with van der Waals surface area (Å²) in [7, 11) is 2.10. The molecule has 3 heterocycles. The first kappa shape index (κ1) is 13.8. The van der Waals surface area contributed by atoms with Gasteiger partial charge in [0, 0.05) is 51.0 Å². The molecule has 0 amide bonds. The van der Waals surface area contributed by atoms with Gasteiger partial charge in [0.1, 0.15) is 11.6 Å². The summed E-state index contributed by atoms with van der Waals surface area (Å²) >= 11 is 0. The second-order valence-electron chi connectivity index (χ2n) is 6.28. The Labute approximate surface area is 130 Å². The van der Waals surface area contributed by atoms with Gasteiger partial charge in [0.25, 0.3) is 0 Å². The first-order valence-corrected chi connectivity index (χ1v) is 8.06. The fourth-order valence-electron chi connectivity index (χ4n) is 3.23. The van der Waals surface area contributed by atoms with E-state index in [4.69, 9.17) is 0 Å². The minimum atomic E-state index is 0.350. The zero-order valence-electron chi connectivity index (χ0n) is 12.9. The number of hydrogen-bond donors (Lipinski definition) is 1. The van der Waals surface area contributed by atoms with Crippen LogP contribution in [0.4, 0.5) is 0 Å². The number of hydrogen-bond acceptors (Lipinski definition) is 5. The molecule has 2 aromatic rings. The van der Waals surface area contributed by atoms with E-state index < -0.39 is 0 Å². The maximum atomic E-state index is 4.43. The molecule has 0 bridgehead atoms. The molecule has 2 aliphatic rings. The molecule has 22 heavy (non-hydrogen) atoms. The highest BCUT2D eigenvalue weighted by Gasteiger charge is 2.30. The molecular formula is C16H22N6. The summed E-state index contributed by atoms with van der Waals surface area (Å²) in [5, 5.41) is 12.3. The Kier molecular flexibility index (Phi) is 3.63. The Bertz CT molecular complexity index is 633. The topological polar surface area (TPSA) is 58.9 Å². The van der Waals surface area contributed by atoms with Gasteiger partial charge in [0.15, 0.2) is 0 Å². The molecule has 1 unspecified atom stereocenters. The van der Waals surface area contributed by atoms with Gasteiger partial charge in [0.05, 0.1) is 6.54 Å². The normalized spacial score (nSPS) is 22.9. The third kappa shape index (κ3) is 2.64. The second kappa shape index (κ2) is 5.78. The van der Waals surface area contributed by atoms with Crippen molar-refractivity contribution in [2.24, 2.45) is 7.05 Å². The van der Waals surface area contributed by atoms with E-state index in [9.17, 15) is 0 Å². The summed E-state index contributed by atoms with van der Waals surface area (Å²) in [5.74, 6) is 2.86. The van der Waals surface area contributed by atoms with Gasteiger partial charge in [-0.25, -0.2) is 0 Å². The van der Waals surface area contributed by atoms with Crippen LogP contribution in [0.1, 0.15) is 42.0 Å². The van der Waals surface area contributed by atoms with E-state index in [1.165, 1.54) is 18.4 Å². The molecule has 1 atom stereocenters. The third-order valence-corrected chi connectivity index (χ3v) is 4.71. The molecule has 116 valence electrons. The Morgan fingerprint density at radius 3 is 3.00 bits per heavy atom. The van der Waals surface area contributed by atoms with Gasteiger partial charge in [-0.2, -0.15) is 0 Å². The quantitative estimate of drug-likeness (QED) is 0.920. The largest absolute Gasteiger partial charge is 0.317 e. The standard InChI is InChI=1S/C16H22N6/c1-21-15(19-20-16(21)12-4-5-12)11-22-8-7-18-10-14(22)13-3-2-6-17-9-13/h2-3,6,9,12,14,18H,4-5,7-8,10-11H2,1H3. The molecular weight excluding hydrogens is 276 g/mol. The smallest absolute Gasteiger partial charge is 0.146 e. The van der Waals surface area contributed by atoms with Crippen molar-refractivity contribution < 1.29 is 0 Å². The van der Waals surface area contributed by atoms with Crippen LogP contribution in [0, 0.1) is 0 Å². The summed E-state index contributed by atoms with van der Waals surface area (Å²) in [6, 6.07) is 4.52. The summed E-state index contributed by atoms with van der Waals surface area (Å²) in [5.41, 5.74) is 1.26. The Balaban J connectivity index is 1.54. The summed E-state index contributed by atoms with van der Waals surface area (Å²) < 4.78 is 2.19. The van der Waals surface area contributed by atoms with Crippen molar-refractivity contribution in [3.8, 4) is 0 Å². The molecule has 0 spiro atoms. The van der Waals surface area contributed by atoms with Gasteiger partial charge in [-0.3, -0.25) is 9.88 Å². The monoisotopic (exact) mass is 298 g/mol. The van der Waals surface area contributed by atoms with Gasteiger partial charge in [-0.05, 0) is 24.5 Å². The van der Waals surface area contributed by atoms with Gasteiger partial charge >= 0.3 is 0 Å². The molecule has 1 saturated heterocycles. The minimum absolute atomic E-state index is 0.350. The lowest BCUT2D eigenvalue weighted by molar-refractivity contribution is 0.148. The molecule has 6 nitrogen and oxygen atoms in total. The number of pyridine rings is 1. The lowest BCUT2D eigenvalue weighted by atomic mass is 10.1. The molecule has 1 aliphatic heterocycles. The summed E-state index contributed by atoms with van der Waals surface area (Å²) in [6.07, 6.45) is 6.32. The van der Waals surface area contributed by atoms with Crippen molar-refractivity contribution in [2.75, 3.05) is 19.6 Å². The van der Waals surface area contributed by atoms with Gasteiger partial charge < -0.3 is 9.88 Å². The fraction of sp³-hybridized carbons (Fsp3) is 0.562. The Morgan fingerprint density at radius 2 is 2.23 bits per heavy atom. The molecule has 2 aromatic heterocycles. The highest BCUT2D eigenvalue weighted by molar-refractivity contribution is 5.16. The molecule has 1 aliphatic carbocycles. The van der Waals surface area contributed by atoms with Crippen LogP contribution in [-0.2, 0) is 13.6 Å². The SMILES string of the molecule is Cn1c(CN2CCNCC2c2cccnc2)nnc1C1CC1. The molecule has 4 rings (SSSR count). The van der Waals surface area contributed by atoms with Crippen molar-refractivity contribution in [1.82, 2.24) is 30.0 Å². The van der Waals surface area contributed by atoms with Crippen LogP contribution in [-0.4, -0.2) is 44.3 Å². The van der Waals surface area contributed by atoms with Crippen molar-refractivity contribution >= 4 is 0 Å². The lowest BCUT2D eigenvalue weighted by Crippen LogP contribution is -2.45. The molecule has 6 heteroatoms. The maximum absolute atomic E-state index is 4.43. The van der Waals surface area contributed by atoms with Gasteiger partial charge in [-0.1, -0.05) is 6.07 Å². The van der Waals surface area contributed by atoms with Crippen molar-refractivity contribution in [3.63, 3.8) is 0 Å². The van der Waals surface area contributed by atoms with Crippen LogP contribution in [0.25, 0.3) is 0 Å². The predicted octanol–water partition coefficient (Wildman–Crippen LogP) is 1.23. The molecule has 1 saturated carbocycles. The number of nitrogens with one attached hydrogen (secondary N) is 1. The average molecular weight is 298 g/mol. The fourth-order valence-corrected chi connectivity index (χ4v) is 3.23. The van der Waals surface area contributed by atoms with Crippen LogP contribution >= 0.6 is 0 Å². The molecule has 0 aromatic carbocycles. The Hall–Kier alpha value is -1.79. The van der Waals surface area contributed by atoms with Crippen molar-refractivity contribution in [1.29, 1.82) is 0 Å². The number of aromatic nitrogens is 4. The van der Waals surface area contributed by atoms with Crippen LogP contribution in [0.15, 0.2) is 24.5 Å². The number of nitrogens with zero attached hydrogens (tertiary/aromatic N) is 5. The van der Waals surface area contributed by atoms with E-state index in [0.717, 1.165) is 37.8 Å². The van der Waals surface area contributed by atoms with Crippen LogP contribution in [0.3, 0.4) is 0 Å². The minimum Gasteiger partial charge on any atom is -0.317 e. The van der Waals surface area contributed by atoms with Crippen LogP contribution in [0.5, 0.6) is 0 Å². The third-order valence-electron chi connectivity index (χ3n) is 4.71. The maximum Gasteiger partial charge on any atom is 0.146 e. The van der Waals surface area contributed by atoms with Gasteiger partial charge in [0.2, 0.25) is 0 Å². The van der Waals surface area contributed by atoms with E-state index in [2.05, 4.69) is 43.1 Å². The van der Waals surface area contributed by atoms with E-state index in [1.807, 2.05) is 18.5 Å². The first-order valence-electron chi connectivity index (χ1n) is 8.06. The number of rotatable bonds is 4. The van der Waals surface area contributed by atoms with E-state index in [0.29, 0.717) is 12.0 Å². The van der Waals surface area contributed by atoms with E-state index in [-0.39, 0.29) is 0 Å². The molecule has 2 fully saturated rings. The van der Waals surface area contributed by atoms with Crippen molar-refractivity contribution in [2.45, 2.75) is 31.3 Å². The van der Waals surface area contributed by atoms with Crippen LogP contribution < -0.4 is 5.32 Å². The zero-order chi connectivity index (χ0) is 14.9. The van der Waals surface area contributed by atoms with E-state index in [1.54, 1.807) is 0 Å². The summed E-state index contributed by atoms with van der Waals surface area (Å²) in [6.45, 7) is 3.84. The highest BCUT2D eigenvalue weighted by Crippen LogP contribution is 2.39. The zero-order valence-corrected chi connectivity index (χ0v) is 12.9. The molecule has 1 N–H and O–H groups in total. The molecule has 0 radical (unpaired) electrons. The van der Waals surface area contributed by atoms with Crippen molar-refractivity contribution in [3.05, 3.63) is 41.7 Å². The van der Waals surface area contributed by atoms with E-state index >= 15 is 0 Å². The summed E-state index contributed by atoms with van der Waals surface area (Å²) in [4.78, 5) is 6.75. The van der Waals surface area contributed by atoms with Crippen LogP contribution in [0.2, 0.25) is 0 Å². The lowest BCUT2D eigenvalue weighted by Gasteiger charge is -2.35. The Morgan fingerprint density at radius 1 is 1.32 bits per heavy atom. The predicted molar refractivity (Wildman–Crippen MR) is 83.2 cm³/mol. The second-order valence-corrected chi connectivity index (χ2v) is 6.28. The average Bonchev–Trinajstić information content (AvgIpc) is 3.34.